The van der Waals surface area contributed by atoms with Gasteiger partial charge in [0.2, 0.25) is 0 Å². The molecule has 0 saturated heterocycles. The number of carbonyl (C=O) groups is 1. The Morgan fingerprint density at radius 2 is 1.94 bits per heavy atom. The van der Waals surface area contributed by atoms with E-state index >= 15 is 0 Å². The fraction of sp³-hybridized carbons (Fsp3) is 0.759. The van der Waals surface area contributed by atoms with Gasteiger partial charge in [-0.3, -0.25) is 4.79 Å². The lowest BCUT2D eigenvalue weighted by molar-refractivity contribution is -0.154. The van der Waals surface area contributed by atoms with Crippen molar-refractivity contribution in [3.05, 3.63) is 23.2 Å². The van der Waals surface area contributed by atoms with Crippen LogP contribution >= 0.6 is 11.6 Å². The van der Waals surface area contributed by atoms with E-state index in [0.29, 0.717) is 27.7 Å². The number of nitrogens with two attached hydrogens (primary N) is 2. The highest BCUT2D eigenvalue weighted by Gasteiger charge is 2.62. The predicted molar refractivity (Wildman–Crippen MR) is 143 cm³/mol. The first-order chi connectivity index (χ1) is 16.7. The number of hydrogen-bond donors (Lipinski definition) is 2. The lowest BCUT2D eigenvalue weighted by Gasteiger charge is -2.62. The van der Waals surface area contributed by atoms with E-state index in [1.54, 1.807) is 18.2 Å². The minimum atomic E-state index is 0.0715. The highest BCUT2D eigenvalue weighted by Crippen LogP contribution is 2.68. The van der Waals surface area contributed by atoms with Crippen molar-refractivity contribution in [2.24, 2.45) is 52.2 Å². The number of nitrogen functional groups attached to an aromatic ring is 1. The Kier molecular flexibility index (Phi) is 6.91. The Morgan fingerprint density at radius 1 is 1.14 bits per heavy atom. The number of rotatable bonds is 6. The van der Waals surface area contributed by atoms with Crippen molar-refractivity contribution in [1.29, 1.82) is 0 Å². The molecule has 4 saturated carbocycles. The van der Waals surface area contributed by atoms with Crippen LogP contribution in [0.25, 0.3) is 0 Å². The first-order valence-corrected chi connectivity index (χ1v) is 14.2. The molecular formula is C29H44ClN3O2. The Balaban J connectivity index is 1.34. The first-order valence-electron chi connectivity index (χ1n) is 13.8. The maximum Gasteiger partial charge on any atom is 0.157 e. The molecule has 8 atom stereocenters. The van der Waals surface area contributed by atoms with Crippen LogP contribution in [0.15, 0.2) is 18.2 Å². The number of ether oxygens (including phenoxy) is 1. The van der Waals surface area contributed by atoms with Crippen LogP contribution in [0.1, 0.15) is 71.6 Å². The maximum atomic E-state index is 13.7. The summed E-state index contributed by atoms with van der Waals surface area (Å²) in [5, 5.41) is 2.06. The van der Waals surface area contributed by atoms with Gasteiger partial charge >= 0.3 is 0 Å². The molecule has 4 aliphatic carbocycles. The molecule has 5 rings (SSSR count). The van der Waals surface area contributed by atoms with Crippen LogP contribution in [-0.4, -0.2) is 26.0 Å². The number of nitrogens with zero attached hydrogens (tertiary/aromatic N) is 1. The number of Topliss-reactive ketones (excluding diaryl/α,β-unsaturated/α-hetero) is 1. The number of hydrazine groups is 1. The number of hydrogen-bond acceptors (Lipinski definition) is 5. The summed E-state index contributed by atoms with van der Waals surface area (Å²) in [4.78, 5) is 13.7. The van der Waals surface area contributed by atoms with Crippen LogP contribution in [0.2, 0.25) is 5.02 Å². The molecule has 0 heterocycles. The molecule has 0 aliphatic heterocycles. The number of ketones is 1. The Labute approximate surface area is 216 Å². The third kappa shape index (κ3) is 4.20. The van der Waals surface area contributed by atoms with Gasteiger partial charge in [0, 0.05) is 18.1 Å². The summed E-state index contributed by atoms with van der Waals surface area (Å²) in [6.45, 7) is 5.95. The van der Waals surface area contributed by atoms with Crippen LogP contribution in [0.5, 0.6) is 0 Å². The van der Waals surface area contributed by atoms with E-state index in [-0.39, 0.29) is 23.7 Å². The molecule has 6 heteroatoms. The van der Waals surface area contributed by atoms with Gasteiger partial charge in [-0.2, -0.15) is 0 Å². The van der Waals surface area contributed by atoms with Gasteiger partial charge in [0.05, 0.1) is 24.5 Å². The highest BCUT2D eigenvalue weighted by molar-refractivity contribution is 6.31. The molecule has 4 aliphatic rings. The van der Waals surface area contributed by atoms with E-state index in [1.807, 2.05) is 7.11 Å². The molecule has 0 spiro atoms. The summed E-state index contributed by atoms with van der Waals surface area (Å²) in [5.41, 5.74) is 7.72. The highest BCUT2D eigenvalue weighted by atomic mass is 35.5. The van der Waals surface area contributed by atoms with Gasteiger partial charge in [-0.05, 0) is 110 Å². The summed E-state index contributed by atoms with van der Waals surface area (Å²) in [6.07, 6.45) is 11.2. The lowest BCUT2D eigenvalue weighted by Crippen LogP contribution is -2.56. The number of methoxy groups -OCH3 is 1. The Morgan fingerprint density at radius 3 is 2.71 bits per heavy atom. The van der Waals surface area contributed by atoms with Gasteiger partial charge in [-0.15, -0.1) is 0 Å². The Hall–Kier alpha value is -1.30. The van der Waals surface area contributed by atoms with Gasteiger partial charge in [0.25, 0.3) is 0 Å². The number of fused-ring (bicyclic) bond motifs is 5. The second-order valence-electron chi connectivity index (χ2n) is 12.7. The van der Waals surface area contributed by atoms with Crippen molar-refractivity contribution in [3.8, 4) is 0 Å². The zero-order valence-electron chi connectivity index (χ0n) is 21.8. The predicted octanol–water partition coefficient (Wildman–Crippen LogP) is 6.09. The van der Waals surface area contributed by atoms with Crippen molar-refractivity contribution in [2.45, 2.75) is 71.6 Å². The second-order valence-corrected chi connectivity index (χ2v) is 13.1. The summed E-state index contributed by atoms with van der Waals surface area (Å²) >= 11 is 6.16. The normalized spacial score (nSPS) is 40.5. The minimum Gasteiger partial charge on any atom is -0.397 e. The van der Waals surface area contributed by atoms with Gasteiger partial charge in [-0.1, -0.05) is 31.9 Å². The van der Waals surface area contributed by atoms with Crippen LogP contribution in [0.4, 0.5) is 11.4 Å². The van der Waals surface area contributed by atoms with E-state index in [1.165, 1.54) is 50.0 Å². The van der Waals surface area contributed by atoms with Gasteiger partial charge in [0.1, 0.15) is 0 Å². The molecular weight excluding hydrogens is 458 g/mol. The van der Waals surface area contributed by atoms with E-state index in [4.69, 9.17) is 27.9 Å². The van der Waals surface area contributed by atoms with Crippen molar-refractivity contribution < 1.29 is 9.53 Å². The summed E-state index contributed by atoms with van der Waals surface area (Å²) in [6, 6.07) is 5.23. The summed E-state index contributed by atoms with van der Waals surface area (Å²) in [7, 11) is 1.90. The largest absolute Gasteiger partial charge is 0.397 e. The topological polar surface area (TPSA) is 81.6 Å². The molecule has 5 nitrogen and oxygen atoms in total. The first kappa shape index (κ1) is 25.4. The Bertz CT molecular complexity index is 956. The molecule has 0 bridgehead atoms. The standard InChI is InChI=1S/C29H44ClN3O2/c1-18-10-13-29(17-35-3)19(14-18)4-6-21-22-7-8-24(28(22,2)12-11-23(21)29)27(34)16-33(32)26-15-20(30)5-9-25(26)31/h5,9,15,18-19,21-24H,4,6-8,10-14,16-17,31-32H2,1-3H3/t18?,19?,21?,22?,23?,24-,28+,29?/m1/s1. The van der Waals surface area contributed by atoms with Crippen molar-refractivity contribution in [1.82, 2.24) is 0 Å². The zero-order chi connectivity index (χ0) is 25.0. The number of benzene rings is 1. The monoisotopic (exact) mass is 501 g/mol. The maximum absolute atomic E-state index is 13.7. The second kappa shape index (κ2) is 9.54. The fourth-order valence-electron chi connectivity index (χ4n) is 9.47. The van der Waals surface area contributed by atoms with Crippen LogP contribution in [0, 0.1) is 46.3 Å². The smallest absolute Gasteiger partial charge is 0.157 e. The third-order valence-corrected chi connectivity index (χ3v) is 11.3. The summed E-state index contributed by atoms with van der Waals surface area (Å²) in [5.74, 6) is 10.4. The molecule has 0 aromatic heterocycles. The summed E-state index contributed by atoms with van der Waals surface area (Å²) < 4.78 is 5.93. The molecule has 1 aromatic rings. The quantitative estimate of drug-likeness (QED) is 0.280. The van der Waals surface area contributed by atoms with E-state index in [0.717, 1.165) is 43.1 Å². The number of anilines is 2. The van der Waals surface area contributed by atoms with E-state index in [2.05, 4.69) is 13.8 Å². The van der Waals surface area contributed by atoms with Crippen molar-refractivity contribution in [2.75, 3.05) is 31.0 Å². The molecule has 0 radical (unpaired) electrons. The van der Waals surface area contributed by atoms with Crippen LogP contribution < -0.4 is 16.6 Å². The fourth-order valence-corrected chi connectivity index (χ4v) is 9.64. The third-order valence-electron chi connectivity index (χ3n) is 11.1. The molecule has 4 fully saturated rings. The molecule has 0 amide bonds. The van der Waals surface area contributed by atoms with Crippen LogP contribution in [-0.2, 0) is 9.53 Å². The average molecular weight is 502 g/mol. The minimum absolute atomic E-state index is 0.0715. The molecule has 1 aromatic carbocycles. The van der Waals surface area contributed by atoms with E-state index in [9.17, 15) is 4.79 Å². The molecule has 194 valence electrons. The number of halogens is 1. The molecule has 35 heavy (non-hydrogen) atoms. The molecule has 6 unspecified atom stereocenters. The van der Waals surface area contributed by atoms with Crippen LogP contribution in [0.3, 0.4) is 0 Å². The van der Waals surface area contributed by atoms with Crippen molar-refractivity contribution in [3.63, 3.8) is 0 Å². The van der Waals surface area contributed by atoms with Gasteiger partial charge < -0.3 is 15.5 Å². The average Bonchev–Trinajstić information content (AvgIpc) is 3.18. The SMILES string of the molecule is COCC12CCC(C)CC1CCC1C2CC[C@@]2(C)C1CC[C@@H]2C(=O)CN(N)c1cc(Cl)ccc1N. The number of carbonyl (C=O) groups excluding carboxylic acids is 1. The zero-order valence-corrected chi connectivity index (χ0v) is 22.5. The van der Waals surface area contributed by atoms with E-state index < -0.39 is 0 Å². The van der Waals surface area contributed by atoms with Gasteiger partial charge in [-0.25, -0.2) is 5.84 Å². The van der Waals surface area contributed by atoms with Crippen molar-refractivity contribution >= 4 is 28.8 Å². The molecule has 4 N–H and O–H groups in total. The lowest BCUT2D eigenvalue weighted by atomic mass is 9.44. The van der Waals surface area contributed by atoms with Gasteiger partial charge in [0.15, 0.2) is 5.78 Å².